The first-order chi connectivity index (χ1) is 17.2. The molecule has 0 aliphatic rings. The normalized spacial score (nSPS) is 11.5. The Morgan fingerprint density at radius 1 is 0.833 bits per heavy atom. The van der Waals surface area contributed by atoms with Gasteiger partial charge in [-0.05, 0) is 79.8 Å². The highest BCUT2D eigenvalue weighted by atomic mass is 16.5. The van der Waals surface area contributed by atoms with Crippen molar-refractivity contribution < 1.29 is 19.0 Å². The molecular formula is C31H35NO4. The van der Waals surface area contributed by atoms with Crippen LogP contribution in [0.25, 0.3) is 16.6 Å². The Kier molecular flexibility index (Phi) is 7.39. The maximum absolute atomic E-state index is 13.0. The molecule has 0 saturated carbocycles. The lowest BCUT2D eigenvalue weighted by Crippen LogP contribution is -2.10. The fraction of sp³-hybridized carbons (Fsp3) is 0.323. The number of nitrogens with zero attached hydrogens (tertiary/aromatic N) is 1. The first-order valence-corrected chi connectivity index (χ1v) is 12.5. The number of fused-ring (bicyclic) bond motifs is 1. The largest absolute Gasteiger partial charge is 0.494 e. The number of esters is 1. The van der Waals surface area contributed by atoms with Crippen molar-refractivity contribution in [2.75, 3.05) is 13.2 Å². The second kappa shape index (κ2) is 10.5. The van der Waals surface area contributed by atoms with E-state index in [4.69, 9.17) is 14.2 Å². The molecule has 0 radical (unpaired) electrons. The lowest BCUT2D eigenvalue weighted by molar-refractivity contribution is 0.0527. The SMILES string of the molecule is CCOC(=O)c1c(C)n(-c2ccc(OCC)cc2)c2ccc(OCc3ccc(C(C)(C)C)cc3)cc12. The Morgan fingerprint density at radius 3 is 2.11 bits per heavy atom. The molecule has 0 aliphatic heterocycles. The van der Waals surface area contributed by atoms with Gasteiger partial charge in [-0.3, -0.25) is 0 Å². The van der Waals surface area contributed by atoms with Gasteiger partial charge in [0.25, 0.3) is 0 Å². The summed E-state index contributed by atoms with van der Waals surface area (Å²) in [6.07, 6.45) is 0. The van der Waals surface area contributed by atoms with Crippen molar-refractivity contribution in [1.82, 2.24) is 4.57 Å². The topological polar surface area (TPSA) is 49.7 Å². The van der Waals surface area contributed by atoms with Crippen molar-refractivity contribution in [3.8, 4) is 17.2 Å². The average molecular weight is 486 g/mol. The molecule has 0 fully saturated rings. The average Bonchev–Trinajstić information content (AvgIpc) is 3.14. The molecule has 5 nitrogen and oxygen atoms in total. The molecule has 1 aromatic heterocycles. The Bertz CT molecular complexity index is 1340. The minimum atomic E-state index is -0.334. The molecule has 5 heteroatoms. The summed E-state index contributed by atoms with van der Waals surface area (Å²) < 4.78 is 19.2. The van der Waals surface area contributed by atoms with Crippen LogP contribution in [0.15, 0.2) is 66.7 Å². The summed E-state index contributed by atoms with van der Waals surface area (Å²) in [5.41, 5.74) is 5.74. The summed E-state index contributed by atoms with van der Waals surface area (Å²) in [5.74, 6) is 1.18. The van der Waals surface area contributed by atoms with Crippen LogP contribution in [0.5, 0.6) is 11.5 Å². The Balaban J connectivity index is 1.68. The van der Waals surface area contributed by atoms with Gasteiger partial charge in [0.15, 0.2) is 0 Å². The van der Waals surface area contributed by atoms with Crippen molar-refractivity contribution in [3.63, 3.8) is 0 Å². The zero-order valence-corrected chi connectivity index (χ0v) is 22.1. The van der Waals surface area contributed by atoms with Gasteiger partial charge < -0.3 is 18.8 Å². The first kappa shape index (κ1) is 25.4. The summed E-state index contributed by atoms with van der Waals surface area (Å²) in [4.78, 5) is 13.0. The highest BCUT2D eigenvalue weighted by Crippen LogP contribution is 2.33. The Morgan fingerprint density at radius 2 is 1.50 bits per heavy atom. The lowest BCUT2D eigenvalue weighted by atomic mass is 9.87. The van der Waals surface area contributed by atoms with Crippen molar-refractivity contribution in [1.29, 1.82) is 0 Å². The Hall–Kier alpha value is -3.73. The van der Waals surface area contributed by atoms with E-state index in [9.17, 15) is 4.79 Å². The quantitative estimate of drug-likeness (QED) is 0.244. The maximum Gasteiger partial charge on any atom is 0.340 e. The molecule has 0 aliphatic carbocycles. The van der Waals surface area contributed by atoms with Crippen LogP contribution in [0.4, 0.5) is 0 Å². The number of carbonyl (C=O) groups excluding carboxylic acids is 1. The van der Waals surface area contributed by atoms with Crippen LogP contribution in [0, 0.1) is 6.92 Å². The number of rotatable bonds is 8. The highest BCUT2D eigenvalue weighted by Gasteiger charge is 2.22. The van der Waals surface area contributed by atoms with E-state index in [0.717, 1.165) is 33.6 Å². The van der Waals surface area contributed by atoms with Crippen molar-refractivity contribution >= 4 is 16.9 Å². The third-order valence-corrected chi connectivity index (χ3v) is 6.29. The van der Waals surface area contributed by atoms with Gasteiger partial charge in [0.2, 0.25) is 0 Å². The number of benzene rings is 3. The zero-order chi connectivity index (χ0) is 25.9. The van der Waals surface area contributed by atoms with E-state index in [0.29, 0.717) is 31.1 Å². The van der Waals surface area contributed by atoms with E-state index in [1.54, 1.807) is 0 Å². The van der Waals surface area contributed by atoms with Crippen molar-refractivity contribution in [2.45, 2.75) is 53.6 Å². The van der Waals surface area contributed by atoms with Crippen molar-refractivity contribution in [2.24, 2.45) is 0 Å². The number of ether oxygens (including phenoxy) is 3. The van der Waals surface area contributed by atoms with Gasteiger partial charge >= 0.3 is 5.97 Å². The van der Waals surface area contributed by atoms with Gasteiger partial charge in [-0.25, -0.2) is 4.79 Å². The molecular weight excluding hydrogens is 450 g/mol. The summed E-state index contributed by atoms with van der Waals surface area (Å²) in [6, 6.07) is 22.3. The molecule has 3 aromatic carbocycles. The minimum Gasteiger partial charge on any atom is -0.494 e. The molecule has 4 rings (SSSR count). The van der Waals surface area contributed by atoms with Crippen molar-refractivity contribution in [3.05, 3.63) is 89.1 Å². The summed E-state index contributed by atoms with van der Waals surface area (Å²) in [6.45, 7) is 13.7. The van der Waals surface area contributed by atoms with Crippen LogP contribution in [-0.2, 0) is 16.8 Å². The molecule has 0 unspecified atom stereocenters. The van der Waals surface area contributed by atoms with E-state index in [-0.39, 0.29) is 11.4 Å². The van der Waals surface area contributed by atoms with Crippen LogP contribution >= 0.6 is 0 Å². The van der Waals surface area contributed by atoms with Crippen LogP contribution in [0.1, 0.15) is 61.8 Å². The number of carbonyl (C=O) groups is 1. The highest BCUT2D eigenvalue weighted by molar-refractivity contribution is 6.07. The van der Waals surface area contributed by atoms with Crippen LogP contribution in [0.3, 0.4) is 0 Å². The van der Waals surface area contributed by atoms with Crippen LogP contribution < -0.4 is 9.47 Å². The second-order valence-corrected chi connectivity index (χ2v) is 9.86. The molecule has 0 atom stereocenters. The lowest BCUT2D eigenvalue weighted by Gasteiger charge is -2.19. The summed E-state index contributed by atoms with van der Waals surface area (Å²) in [7, 11) is 0. The third-order valence-electron chi connectivity index (χ3n) is 6.29. The fourth-order valence-corrected chi connectivity index (χ4v) is 4.41. The predicted molar refractivity (Wildman–Crippen MR) is 145 cm³/mol. The van der Waals surface area contributed by atoms with E-state index in [1.165, 1.54) is 5.56 Å². The summed E-state index contributed by atoms with van der Waals surface area (Å²) in [5, 5.41) is 0.806. The maximum atomic E-state index is 13.0. The molecule has 4 aromatic rings. The smallest absolute Gasteiger partial charge is 0.340 e. The monoisotopic (exact) mass is 485 g/mol. The summed E-state index contributed by atoms with van der Waals surface area (Å²) >= 11 is 0. The van der Waals surface area contributed by atoms with Crippen LogP contribution in [-0.4, -0.2) is 23.8 Å². The fourth-order valence-electron chi connectivity index (χ4n) is 4.41. The number of aromatic nitrogens is 1. The van der Waals surface area contributed by atoms with Gasteiger partial charge in [-0.15, -0.1) is 0 Å². The number of hydrogen-bond donors (Lipinski definition) is 0. The minimum absolute atomic E-state index is 0.113. The van der Waals surface area contributed by atoms with Gasteiger partial charge in [0, 0.05) is 16.8 Å². The van der Waals surface area contributed by atoms with E-state index >= 15 is 0 Å². The molecule has 0 spiro atoms. The van der Waals surface area contributed by atoms with Crippen LogP contribution in [0.2, 0.25) is 0 Å². The molecule has 0 bridgehead atoms. The number of hydrogen-bond acceptors (Lipinski definition) is 4. The molecule has 0 amide bonds. The van der Waals surface area contributed by atoms with Gasteiger partial charge in [0.1, 0.15) is 18.1 Å². The first-order valence-electron chi connectivity index (χ1n) is 12.5. The second-order valence-electron chi connectivity index (χ2n) is 9.86. The Labute approximate surface area is 213 Å². The van der Waals surface area contributed by atoms with E-state index < -0.39 is 0 Å². The van der Waals surface area contributed by atoms with Gasteiger partial charge in [0.05, 0.1) is 24.3 Å². The van der Waals surface area contributed by atoms with E-state index in [2.05, 4.69) is 49.6 Å². The zero-order valence-electron chi connectivity index (χ0n) is 22.1. The molecule has 36 heavy (non-hydrogen) atoms. The van der Waals surface area contributed by atoms with E-state index in [1.807, 2.05) is 63.2 Å². The molecule has 1 heterocycles. The molecule has 188 valence electrons. The predicted octanol–water partition coefficient (Wildman–Crippen LogP) is 7.39. The standard InChI is InChI=1S/C31H35NO4/c1-7-34-25-15-13-24(14-16-25)32-21(3)29(30(33)35-8-2)27-19-26(17-18-28(27)32)36-20-22-9-11-23(12-10-22)31(4,5)6/h9-19H,7-8,20H2,1-6H3. The van der Waals surface area contributed by atoms with Gasteiger partial charge in [-0.2, -0.15) is 0 Å². The molecule has 0 N–H and O–H groups in total. The molecule has 0 saturated heterocycles. The third kappa shape index (κ3) is 5.25. The van der Waals surface area contributed by atoms with Gasteiger partial charge in [-0.1, -0.05) is 45.0 Å².